The highest BCUT2D eigenvalue weighted by Gasteiger charge is 2.27. The molecule has 6 nitrogen and oxygen atoms in total. The van der Waals surface area contributed by atoms with E-state index in [0.29, 0.717) is 18.7 Å². The van der Waals surface area contributed by atoms with Crippen molar-refractivity contribution in [3.63, 3.8) is 0 Å². The molecule has 0 radical (unpaired) electrons. The number of carboxylic acid groups (broad SMARTS) is 1. The first-order valence-electron chi connectivity index (χ1n) is 6.53. The zero-order valence-electron chi connectivity index (χ0n) is 11.8. The summed E-state index contributed by atoms with van der Waals surface area (Å²) < 4.78 is 10.3. The lowest BCUT2D eigenvalue weighted by Gasteiger charge is -2.29. The number of hydrogen-bond acceptors (Lipinski definition) is 4. The fourth-order valence-electron chi connectivity index (χ4n) is 2.42. The smallest absolute Gasteiger partial charge is 0.410 e. The molecule has 0 aliphatic carbocycles. The minimum Gasteiger partial charge on any atom is -0.496 e. The van der Waals surface area contributed by atoms with Crippen LogP contribution in [0.2, 0.25) is 0 Å². The molecule has 0 fully saturated rings. The third-order valence-electron chi connectivity index (χ3n) is 3.40. The van der Waals surface area contributed by atoms with Crippen molar-refractivity contribution in [2.24, 2.45) is 0 Å². The van der Waals surface area contributed by atoms with E-state index in [1.165, 1.54) is 24.2 Å². The van der Waals surface area contributed by atoms with Crippen LogP contribution in [0.5, 0.6) is 5.75 Å². The maximum atomic E-state index is 11.9. The van der Waals surface area contributed by atoms with Crippen molar-refractivity contribution in [3.05, 3.63) is 41.5 Å². The molecule has 1 aromatic carbocycles. The fourth-order valence-corrected chi connectivity index (χ4v) is 2.42. The summed E-state index contributed by atoms with van der Waals surface area (Å²) in [5.41, 5.74) is 1.69. The van der Waals surface area contributed by atoms with E-state index in [4.69, 9.17) is 9.47 Å². The third kappa shape index (κ3) is 2.99. The quantitative estimate of drug-likeness (QED) is 0.859. The predicted molar refractivity (Wildman–Crippen MR) is 75.6 cm³/mol. The van der Waals surface area contributed by atoms with Crippen LogP contribution in [0.1, 0.15) is 21.5 Å². The minimum absolute atomic E-state index is 0.147. The average molecular weight is 291 g/mol. The number of amides is 1. The number of ether oxygens (including phenoxy) is 2. The molecule has 1 aromatic rings. The van der Waals surface area contributed by atoms with Crippen molar-refractivity contribution in [3.8, 4) is 5.75 Å². The number of methoxy groups -OCH3 is 1. The van der Waals surface area contributed by atoms with Crippen LogP contribution in [-0.2, 0) is 17.7 Å². The van der Waals surface area contributed by atoms with Gasteiger partial charge in [-0.3, -0.25) is 0 Å². The summed E-state index contributed by atoms with van der Waals surface area (Å²) >= 11 is 0. The van der Waals surface area contributed by atoms with E-state index in [9.17, 15) is 14.7 Å². The number of nitrogens with zero attached hydrogens (tertiary/aromatic N) is 1. The van der Waals surface area contributed by atoms with Crippen molar-refractivity contribution >= 4 is 12.1 Å². The number of aromatic carboxylic acids is 1. The molecule has 1 heterocycles. The molecule has 6 heteroatoms. The van der Waals surface area contributed by atoms with Gasteiger partial charge in [-0.25, -0.2) is 9.59 Å². The Hall–Kier alpha value is -2.50. The predicted octanol–water partition coefficient (Wildman–Crippen LogP) is 2.07. The Morgan fingerprint density at radius 3 is 2.81 bits per heavy atom. The van der Waals surface area contributed by atoms with Crippen LogP contribution in [0.3, 0.4) is 0 Å². The molecule has 0 unspecified atom stereocenters. The van der Waals surface area contributed by atoms with Gasteiger partial charge in [-0.05, 0) is 24.1 Å². The average Bonchev–Trinajstić information content (AvgIpc) is 2.50. The Labute approximate surface area is 122 Å². The van der Waals surface area contributed by atoms with Gasteiger partial charge in [0.25, 0.3) is 0 Å². The number of carboxylic acids is 1. The standard InChI is InChI=1S/C15H17NO5/c1-3-8-21-15(19)16-7-6-10-11(14(17)18)4-5-13(20-2)12(10)9-16/h3-5H,1,6-9H2,2H3,(H,17,18). The monoisotopic (exact) mass is 291 g/mol. The molecule has 0 bridgehead atoms. The molecule has 0 saturated heterocycles. The van der Waals surface area contributed by atoms with Crippen molar-refractivity contribution in [1.82, 2.24) is 4.90 Å². The lowest BCUT2D eigenvalue weighted by molar-refractivity contribution is 0.0694. The molecule has 21 heavy (non-hydrogen) atoms. The number of benzene rings is 1. The van der Waals surface area contributed by atoms with Crippen molar-refractivity contribution < 1.29 is 24.2 Å². The van der Waals surface area contributed by atoms with E-state index in [0.717, 1.165) is 11.1 Å². The largest absolute Gasteiger partial charge is 0.496 e. The zero-order valence-corrected chi connectivity index (χ0v) is 11.8. The summed E-state index contributed by atoms with van der Waals surface area (Å²) in [5, 5.41) is 9.24. The molecular formula is C15H17NO5. The van der Waals surface area contributed by atoms with Crippen LogP contribution < -0.4 is 4.74 Å². The van der Waals surface area contributed by atoms with Gasteiger partial charge >= 0.3 is 12.1 Å². The highest BCUT2D eigenvalue weighted by molar-refractivity contribution is 5.90. The van der Waals surface area contributed by atoms with E-state index in [2.05, 4.69) is 6.58 Å². The molecule has 1 amide bonds. The van der Waals surface area contributed by atoms with Gasteiger partial charge in [0.1, 0.15) is 12.4 Å². The molecule has 1 N–H and O–H groups in total. The van der Waals surface area contributed by atoms with E-state index in [-0.39, 0.29) is 18.7 Å². The van der Waals surface area contributed by atoms with Crippen LogP contribution in [0.25, 0.3) is 0 Å². The van der Waals surface area contributed by atoms with Gasteiger partial charge < -0.3 is 19.5 Å². The summed E-state index contributed by atoms with van der Waals surface area (Å²) in [7, 11) is 1.52. The first-order valence-corrected chi connectivity index (χ1v) is 6.53. The Bertz CT molecular complexity index is 582. The molecular weight excluding hydrogens is 274 g/mol. The van der Waals surface area contributed by atoms with Gasteiger partial charge in [0.05, 0.1) is 19.2 Å². The second-order valence-electron chi connectivity index (χ2n) is 4.61. The lowest BCUT2D eigenvalue weighted by atomic mass is 9.93. The van der Waals surface area contributed by atoms with Gasteiger partial charge in [-0.15, -0.1) is 0 Å². The van der Waals surface area contributed by atoms with E-state index in [1.54, 1.807) is 6.07 Å². The maximum absolute atomic E-state index is 11.9. The molecule has 0 spiro atoms. The lowest BCUT2D eigenvalue weighted by Crippen LogP contribution is -2.37. The summed E-state index contributed by atoms with van der Waals surface area (Å²) in [6.07, 6.45) is 1.51. The van der Waals surface area contributed by atoms with Gasteiger partial charge in [-0.1, -0.05) is 12.7 Å². The van der Waals surface area contributed by atoms with Crippen molar-refractivity contribution in [2.75, 3.05) is 20.3 Å². The van der Waals surface area contributed by atoms with Gasteiger partial charge in [0.15, 0.2) is 0 Å². The molecule has 1 aliphatic rings. The summed E-state index contributed by atoms with van der Waals surface area (Å²) in [6.45, 7) is 4.32. The Morgan fingerprint density at radius 2 is 2.19 bits per heavy atom. The first kappa shape index (κ1) is 14.9. The molecule has 0 atom stereocenters. The van der Waals surface area contributed by atoms with E-state index in [1.807, 2.05) is 0 Å². The molecule has 0 aromatic heterocycles. The van der Waals surface area contributed by atoms with Gasteiger partial charge in [0, 0.05) is 12.1 Å². The summed E-state index contributed by atoms with van der Waals surface area (Å²) in [4.78, 5) is 24.7. The van der Waals surface area contributed by atoms with Crippen LogP contribution in [0, 0.1) is 0 Å². The molecule has 0 saturated carbocycles. The first-order chi connectivity index (χ1) is 10.1. The third-order valence-corrected chi connectivity index (χ3v) is 3.40. The van der Waals surface area contributed by atoms with Crippen LogP contribution in [0.4, 0.5) is 4.79 Å². The molecule has 1 aliphatic heterocycles. The topological polar surface area (TPSA) is 76.1 Å². The Morgan fingerprint density at radius 1 is 1.43 bits per heavy atom. The van der Waals surface area contributed by atoms with Crippen LogP contribution in [0.15, 0.2) is 24.8 Å². The van der Waals surface area contributed by atoms with Crippen molar-refractivity contribution in [1.29, 1.82) is 0 Å². The van der Waals surface area contributed by atoms with Gasteiger partial charge in [0.2, 0.25) is 0 Å². The summed E-state index contributed by atoms with van der Waals surface area (Å²) in [6, 6.07) is 3.15. The number of rotatable bonds is 4. The van der Waals surface area contributed by atoms with Crippen LogP contribution in [-0.4, -0.2) is 42.3 Å². The van der Waals surface area contributed by atoms with Gasteiger partial charge in [-0.2, -0.15) is 0 Å². The number of carbonyl (C=O) groups excluding carboxylic acids is 1. The second kappa shape index (κ2) is 6.30. The number of fused-ring (bicyclic) bond motifs is 1. The summed E-state index contributed by atoms with van der Waals surface area (Å²) in [5.74, 6) is -0.396. The molecule has 112 valence electrons. The minimum atomic E-state index is -0.975. The SMILES string of the molecule is C=CCOC(=O)N1CCc2c(C(=O)O)ccc(OC)c2C1. The highest BCUT2D eigenvalue weighted by atomic mass is 16.6. The Kier molecular flexibility index (Phi) is 4.47. The molecule has 2 rings (SSSR count). The maximum Gasteiger partial charge on any atom is 0.410 e. The zero-order chi connectivity index (χ0) is 15.4. The second-order valence-corrected chi connectivity index (χ2v) is 4.61. The number of carbonyl (C=O) groups is 2. The van der Waals surface area contributed by atoms with E-state index < -0.39 is 12.1 Å². The highest BCUT2D eigenvalue weighted by Crippen LogP contribution is 2.31. The Balaban J connectivity index is 2.30. The normalized spacial score (nSPS) is 13.3. The van der Waals surface area contributed by atoms with E-state index >= 15 is 0 Å². The fraction of sp³-hybridized carbons (Fsp3) is 0.333. The number of hydrogen-bond donors (Lipinski definition) is 1. The van der Waals surface area contributed by atoms with Crippen LogP contribution >= 0.6 is 0 Å². The van der Waals surface area contributed by atoms with Crippen molar-refractivity contribution in [2.45, 2.75) is 13.0 Å².